The van der Waals surface area contributed by atoms with Gasteiger partial charge in [0.25, 0.3) is 0 Å². The van der Waals surface area contributed by atoms with Crippen molar-refractivity contribution in [1.82, 2.24) is 4.31 Å². The van der Waals surface area contributed by atoms with Crippen molar-refractivity contribution in [3.63, 3.8) is 0 Å². The molecule has 130 valence electrons. The molecule has 0 atom stereocenters. The van der Waals surface area contributed by atoms with Gasteiger partial charge < -0.3 is 4.74 Å². The maximum atomic E-state index is 13.8. The Kier molecular flexibility index (Phi) is 5.01. The van der Waals surface area contributed by atoms with Crippen LogP contribution in [0.2, 0.25) is 0 Å². The summed E-state index contributed by atoms with van der Waals surface area (Å²) in [6, 6.07) is 2.96. The summed E-state index contributed by atoms with van der Waals surface area (Å²) in [5.74, 6) is -1.54. The molecule has 4 nitrogen and oxygen atoms in total. The molecule has 1 aromatic carbocycles. The quantitative estimate of drug-likeness (QED) is 0.827. The third-order valence-electron chi connectivity index (χ3n) is 4.14. The van der Waals surface area contributed by atoms with Crippen molar-refractivity contribution in [3.8, 4) is 5.75 Å². The third-order valence-corrected chi connectivity index (χ3v) is 6.11. The number of nitrogens with zero attached hydrogens (tertiary/aromatic N) is 1. The molecular weight excluding hydrogens is 336 g/mol. The first kappa shape index (κ1) is 17.1. The van der Waals surface area contributed by atoms with Crippen molar-refractivity contribution in [3.05, 3.63) is 52.6 Å². The van der Waals surface area contributed by atoms with Crippen LogP contribution >= 0.6 is 0 Å². The number of halogens is 2. The maximum Gasteiger partial charge on any atom is 0.246 e. The number of hydrogen-bond donors (Lipinski definition) is 0. The average Bonchev–Trinajstić information content (AvgIpc) is 2.58. The van der Waals surface area contributed by atoms with Gasteiger partial charge in [-0.2, -0.15) is 4.31 Å². The van der Waals surface area contributed by atoms with E-state index in [0.29, 0.717) is 32.0 Å². The molecule has 0 N–H and O–H groups in total. The predicted molar refractivity (Wildman–Crippen MR) is 86.7 cm³/mol. The van der Waals surface area contributed by atoms with Gasteiger partial charge in [0.1, 0.15) is 16.5 Å². The lowest BCUT2D eigenvalue weighted by atomic mass is 10.1. The van der Waals surface area contributed by atoms with E-state index in [1.165, 1.54) is 16.4 Å². The Morgan fingerprint density at radius 1 is 1.08 bits per heavy atom. The largest absolute Gasteiger partial charge is 0.457 e. The lowest BCUT2D eigenvalue weighted by Crippen LogP contribution is -2.37. The number of allylic oxidation sites excluding steroid dienone is 3. The lowest BCUT2D eigenvalue weighted by molar-refractivity contribution is 0.345. The van der Waals surface area contributed by atoms with E-state index in [0.717, 1.165) is 25.3 Å². The minimum absolute atomic E-state index is 0.0689. The molecule has 0 aromatic heterocycles. The van der Waals surface area contributed by atoms with Crippen molar-refractivity contribution >= 4 is 10.0 Å². The van der Waals surface area contributed by atoms with Crippen LogP contribution in [0, 0.1) is 11.6 Å². The average molecular weight is 355 g/mol. The Balaban J connectivity index is 1.94. The van der Waals surface area contributed by atoms with Crippen molar-refractivity contribution in [1.29, 1.82) is 0 Å². The molecule has 0 spiro atoms. The van der Waals surface area contributed by atoms with E-state index in [1.54, 1.807) is 6.08 Å². The zero-order chi connectivity index (χ0) is 17.2. The summed E-state index contributed by atoms with van der Waals surface area (Å²) in [6.07, 6.45) is 6.94. The summed E-state index contributed by atoms with van der Waals surface area (Å²) >= 11 is 0. The number of hydrogen-bond acceptors (Lipinski definition) is 3. The zero-order valence-corrected chi connectivity index (χ0v) is 14.0. The van der Waals surface area contributed by atoms with Gasteiger partial charge in [0, 0.05) is 25.6 Å². The van der Waals surface area contributed by atoms with Crippen LogP contribution in [0.4, 0.5) is 8.78 Å². The molecule has 2 aliphatic rings. The van der Waals surface area contributed by atoms with Crippen molar-refractivity contribution in [2.24, 2.45) is 0 Å². The molecule has 1 aliphatic carbocycles. The minimum Gasteiger partial charge on any atom is -0.457 e. The second kappa shape index (κ2) is 7.03. The number of benzene rings is 1. The van der Waals surface area contributed by atoms with E-state index in [4.69, 9.17) is 4.74 Å². The summed E-state index contributed by atoms with van der Waals surface area (Å²) in [5, 5.41) is 0. The summed E-state index contributed by atoms with van der Waals surface area (Å²) in [7, 11) is -3.67. The van der Waals surface area contributed by atoms with Gasteiger partial charge in [-0.05, 0) is 37.5 Å². The van der Waals surface area contributed by atoms with Gasteiger partial charge in [0.2, 0.25) is 10.0 Å². The van der Waals surface area contributed by atoms with Crippen LogP contribution in [0.5, 0.6) is 5.75 Å². The molecule has 3 rings (SSSR count). The normalized spacial score (nSPS) is 19.6. The molecule has 0 radical (unpaired) electrons. The van der Waals surface area contributed by atoms with Crippen LogP contribution in [0.15, 0.2) is 41.0 Å². The van der Waals surface area contributed by atoms with Crippen LogP contribution in [0.1, 0.15) is 32.1 Å². The number of sulfonamides is 1. The van der Waals surface area contributed by atoms with E-state index in [9.17, 15) is 17.2 Å². The Morgan fingerprint density at radius 3 is 2.54 bits per heavy atom. The highest BCUT2D eigenvalue weighted by Gasteiger charge is 2.31. The SMILES string of the molecule is O=S(=O)(C1=C(Oc2ccc(F)cc2F)CCC=C1)N1CCCCC1. The summed E-state index contributed by atoms with van der Waals surface area (Å²) in [5.41, 5.74) is 0. The molecule has 1 heterocycles. The van der Waals surface area contributed by atoms with Crippen molar-refractivity contribution in [2.75, 3.05) is 13.1 Å². The monoisotopic (exact) mass is 355 g/mol. The fraction of sp³-hybridized carbons (Fsp3) is 0.412. The number of rotatable bonds is 4. The second-order valence-electron chi connectivity index (χ2n) is 5.87. The van der Waals surface area contributed by atoms with Crippen LogP contribution in [0.3, 0.4) is 0 Å². The lowest BCUT2D eigenvalue weighted by Gasteiger charge is -2.28. The number of ether oxygens (including phenoxy) is 1. The smallest absolute Gasteiger partial charge is 0.246 e. The fourth-order valence-electron chi connectivity index (χ4n) is 2.89. The minimum atomic E-state index is -3.67. The number of piperidine rings is 1. The van der Waals surface area contributed by atoms with Gasteiger partial charge in [-0.1, -0.05) is 12.5 Å². The molecule has 0 unspecified atom stereocenters. The Labute approximate surface area is 140 Å². The first-order valence-electron chi connectivity index (χ1n) is 8.01. The van der Waals surface area contributed by atoms with E-state index < -0.39 is 21.7 Å². The highest BCUT2D eigenvalue weighted by atomic mass is 32.2. The molecule has 1 saturated heterocycles. The van der Waals surface area contributed by atoms with Crippen LogP contribution in [-0.2, 0) is 10.0 Å². The van der Waals surface area contributed by atoms with E-state index in [-0.39, 0.29) is 16.4 Å². The van der Waals surface area contributed by atoms with E-state index >= 15 is 0 Å². The van der Waals surface area contributed by atoms with Crippen LogP contribution in [0.25, 0.3) is 0 Å². The topological polar surface area (TPSA) is 46.6 Å². The molecule has 0 amide bonds. The maximum absolute atomic E-state index is 13.8. The van der Waals surface area contributed by atoms with Gasteiger partial charge in [0.05, 0.1) is 0 Å². The Morgan fingerprint density at radius 2 is 1.83 bits per heavy atom. The third kappa shape index (κ3) is 3.52. The van der Waals surface area contributed by atoms with Gasteiger partial charge in [-0.25, -0.2) is 17.2 Å². The Hall–Kier alpha value is -1.73. The second-order valence-corrected chi connectivity index (χ2v) is 7.78. The van der Waals surface area contributed by atoms with Crippen LogP contribution in [-0.4, -0.2) is 25.8 Å². The summed E-state index contributed by atoms with van der Waals surface area (Å²) < 4.78 is 59.5. The van der Waals surface area contributed by atoms with Crippen molar-refractivity contribution in [2.45, 2.75) is 32.1 Å². The summed E-state index contributed by atoms with van der Waals surface area (Å²) in [4.78, 5) is 0.0689. The van der Waals surface area contributed by atoms with Gasteiger partial charge in [-0.15, -0.1) is 0 Å². The molecule has 24 heavy (non-hydrogen) atoms. The molecule has 7 heteroatoms. The van der Waals surface area contributed by atoms with Crippen molar-refractivity contribution < 1.29 is 21.9 Å². The van der Waals surface area contributed by atoms with Gasteiger partial charge in [0.15, 0.2) is 11.6 Å². The highest BCUT2D eigenvalue weighted by molar-refractivity contribution is 7.93. The van der Waals surface area contributed by atoms with Gasteiger partial charge >= 0.3 is 0 Å². The predicted octanol–water partition coefficient (Wildman–Crippen LogP) is 3.72. The summed E-state index contributed by atoms with van der Waals surface area (Å²) in [6.45, 7) is 0.968. The Bertz CT molecular complexity index is 781. The molecule has 1 fully saturated rings. The zero-order valence-electron chi connectivity index (χ0n) is 13.2. The standard InChI is InChI=1S/C17H19F2NO3S/c18-13-8-9-15(14(19)12-13)23-16-6-2-3-7-17(16)24(21,22)20-10-4-1-5-11-20/h3,7-9,12H,1-2,4-6,10-11H2. The first-order valence-corrected chi connectivity index (χ1v) is 9.45. The molecule has 1 aromatic rings. The van der Waals surface area contributed by atoms with Crippen LogP contribution < -0.4 is 4.74 Å². The molecular formula is C17H19F2NO3S. The molecule has 0 saturated carbocycles. The van der Waals surface area contributed by atoms with E-state index in [2.05, 4.69) is 0 Å². The van der Waals surface area contributed by atoms with Gasteiger partial charge in [-0.3, -0.25) is 0 Å². The highest BCUT2D eigenvalue weighted by Crippen LogP contribution is 2.31. The molecule has 0 bridgehead atoms. The van der Waals surface area contributed by atoms with E-state index in [1.807, 2.05) is 0 Å². The fourth-order valence-corrected chi connectivity index (χ4v) is 4.60. The first-order chi connectivity index (χ1) is 11.5. The molecule has 1 aliphatic heterocycles.